The highest BCUT2D eigenvalue weighted by Gasteiger charge is 2.33. The normalized spacial score (nSPS) is 17.6. The van der Waals surface area contributed by atoms with Crippen LogP contribution in [0.15, 0.2) is 65.1 Å². The molecule has 0 aliphatic heterocycles. The lowest BCUT2D eigenvalue weighted by Gasteiger charge is -2.34. The van der Waals surface area contributed by atoms with E-state index in [1.807, 2.05) is 68.4 Å². The molecule has 0 saturated heterocycles. The van der Waals surface area contributed by atoms with E-state index in [2.05, 4.69) is 6.92 Å². The highest BCUT2D eigenvalue weighted by Crippen LogP contribution is 2.39. The Labute approximate surface area is 223 Å². The van der Waals surface area contributed by atoms with E-state index >= 15 is 0 Å². The number of ether oxygens (including phenoxy) is 2. The van der Waals surface area contributed by atoms with Gasteiger partial charge >= 0.3 is 5.97 Å². The smallest absolute Gasteiger partial charge is 0.340 e. The molecule has 1 aliphatic carbocycles. The van der Waals surface area contributed by atoms with Crippen molar-refractivity contribution < 1.29 is 23.5 Å². The van der Waals surface area contributed by atoms with Crippen LogP contribution in [0.2, 0.25) is 0 Å². The minimum Gasteiger partial charge on any atom is -0.489 e. The highest BCUT2D eigenvalue weighted by molar-refractivity contribution is 6.12. The molecule has 0 unspecified atom stereocenters. The van der Waals surface area contributed by atoms with Gasteiger partial charge < -0.3 is 18.8 Å². The molecule has 0 atom stereocenters. The number of nitrogens with zero attached hydrogens (tertiary/aromatic N) is 1. The van der Waals surface area contributed by atoms with Gasteiger partial charge in [0.25, 0.3) is 0 Å². The lowest BCUT2D eigenvalue weighted by molar-refractivity contribution is -0.123. The number of esters is 1. The van der Waals surface area contributed by atoms with E-state index in [1.165, 1.54) is 7.11 Å². The van der Waals surface area contributed by atoms with Crippen LogP contribution in [-0.4, -0.2) is 25.0 Å². The third-order valence-corrected chi connectivity index (χ3v) is 7.59. The predicted molar refractivity (Wildman–Crippen MR) is 150 cm³/mol. The van der Waals surface area contributed by atoms with Crippen molar-refractivity contribution in [2.24, 2.45) is 11.8 Å². The zero-order chi connectivity index (χ0) is 26.8. The second kappa shape index (κ2) is 10.9. The zero-order valence-corrected chi connectivity index (χ0v) is 22.5. The van der Waals surface area contributed by atoms with E-state index < -0.39 is 5.97 Å². The first-order valence-electron chi connectivity index (χ1n) is 13.4. The molecule has 0 N–H and O–H groups in total. The second-order valence-electron chi connectivity index (χ2n) is 10.7. The molecule has 5 rings (SSSR count). The van der Waals surface area contributed by atoms with Crippen molar-refractivity contribution in [2.75, 3.05) is 12.0 Å². The van der Waals surface area contributed by atoms with Crippen LogP contribution >= 0.6 is 0 Å². The molecule has 38 heavy (non-hydrogen) atoms. The van der Waals surface area contributed by atoms with Gasteiger partial charge in [0.1, 0.15) is 23.5 Å². The van der Waals surface area contributed by atoms with Crippen LogP contribution in [0.4, 0.5) is 5.69 Å². The number of methoxy groups -OCH3 is 1. The van der Waals surface area contributed by atoms with E-state index in [-0.39, 0.29) is 17.9 Å². The average Bonchev–Trinajstić information content (AvgIpc) is 3.28. The Hall–Kier alpha value is -3.80. The number of furan rings is 1. The maximum atomic E-state index is 13.9. The standard InChI is InChI=1S/C32H35NO5/c1-20(2)33(31(34)23-12-10-21(3)11-13-23)28-17-26-25-16-24(37-19-22-8-6-5-7-9-22)14-15-29(25)38-30(26)18-27(28)32(35)36-4/h5-9,14-18,20-21,23H,10-13,19H2,1-4H3/t21-,23-. The molecule has 1 aromatic heterocycles. The van der Waals surface area contributed by atoms with Crippen molar-refractivity contribution in [1.29, 1.82) is 0 Å². The Morgan fingerprint density at radius 2 is 1.66 bits per heavy atom. The largest absolute Gasteiger partial charge is 0.489 e. The number of rotatable bonds is 7. The summed E-state index contributed by atoms with van der Waals surface area (Å²) in [7, 11) is 1.36. The van der Waals surface area contributed by atoms with E-state index in [4.69, 9.17) is 13.9 Å². The number of hydrogen-bond donors (Lipinski definition) is 0. The first-order valence-corrected chi connectivity index (χ1v) is 13.4. The molecule has 6 heteroatoms. The van der Waals surface area contributed by atoms with Crippen molar-refractivity contribution >= 4 is 39.5 Å². The summed E-state index contributed by atoms with van der Waals surface area (Å²) in [6, 6.07) is 19.2. The third kappa shape index (κ3) is 5.13. The van der Waals surface area contributed by atoms with E-state index in [0.717, 1.165) is 47.8 Å². The minimum absolute atomic E-state index is 0.0473. The SMILES string of the molecule is COC(=O)c1cc2oc3ccc(OCc4ccccc4)cc3c2cc1N(C(=O)[C@H]1CC[C@H](C)CC1)C(C)C. The number of anilines is 1. The molecule has 4 aromatic rings. The van der Waals surface area contributed by atoms with Crippen molar-refractivity contribution in [1.82, 2.24) is 0 Å². The first-order chi connectivity index (χ1) is 18.4. The van der Waals surface area contributed by atoms with Crippen molar-refractivity contribution in [3.8, 4) is 5.75 Å². The fourth-order valence-corrected chi connectivity index (χ4v) is 5.45. The summed E-state index contributed by atoms with van der Waals surface area (Å²) in [4.78, 5) is 28.5. The van der Waals surface area contributed by atoms with Crippen LogP contribution in [0.25, 0.3) is 21.9 Å². The van der Waals surface area contributed by atoms with Gasteiger partial charge in [-0.3, -0.25) is 4.79 Å². The van der Waals surface area contributed by atoms with Gasteiger partial charge in [-0.25, -0.2) is 4.79 Å². The maximum absolute atomic E-state index is 13.9. The number of amides is 1. The summed E-state index contributed by atoms with van der Waals surface area (Å²) >= 11 is 0. The Kier molecular flexibility index (Phi) is 7.41. The number of fused-ring (bicyclic) bond motifs is 3. The van der Waals surface area contributed by atoms with Crippen LogP contribution in [0.5, 0.6) is 5.75 Å². The zero-order valence-electron chi connectivity index (χ0n) is 22.5. The predicted octanol–water partition coefficient (Wildman–Crippen LogP) is 7.52. The summed E-state index contributed by atoms with van der Waals surface area (Å²) < 4.78 is 17.3. The molecule has 1 aliphatic rings. The van der Waals surface area contributed by atoms with Crippen LogP contribution in [0.1, 0.15) is 62.4 Å². The lowest BCUT2D eigenvalue weighted by atomic mass is 9.82. The Bertz CT molecular complexity index is 1450. The molecular weight excluding hydrogens is 478 g/mol. The summed E-state index contributed by atoms with van der Waals surface area (Å²) in [5, 5.41) is 1.69. The first kappa shape index (κ1) is 25.8. The fourth-order valence-electron chi connectivity index (χ4n) is 5.45. The van der Waals surface area contributed by atoms with Crippen molar-refractivity contribution in [3.05, 3.63) is 71.8 Å². The van der Waals surface area contributed by atoms with Crippen molar-refractivity contribution in [2.45, 2.75) is 59.1 Å². The fraction of sp³-hybridized carbons (Fsp3) is 0.375. The number of benzene rings is 3. The van der Waals surface area contributed by atoms with Gasteiger partial charge in [0, 0.05) is 22.7 Å². The molecular formula is C32H35NO5. The highest BCUT2D eigenvalue weighted by atomic mass is 16.5. The minimum atomic E-state index is -0.495. The van der Waals surface area contributed by atoms with Gasteiger partial charge in [-0.2, -0.15) is 0 Å². The average molecular weight is 514 g/mol. The van der Waals surface area contributed by atoms with Gasteiger partial charge in [0.15, 0.2) is 0 Å². The maximum Gasteiger partial charge on any atom is 0.340 e. The van der Waals surface area contributed by atoms with Crippen molar-refractivity contribution in [3.63, 3.8) is 0 Å². The van der Waals surface area contributed by atoms with Gasteiger partial charge in [-0.05, 0) is 81.3 Å². The quantitative estimate of drug-likeness (QED) is 0.239. The molecule has 1 heterocycles. The summed E-state index contributed by atoms with van der Waals surface area (Å²) in [5.41, 5.74) is 3.21. The van der Waals surface area contributed by atoms with Gasteiger partial charge in [-0.15, -0.1) is 0 Å². The van der Waals surface area contributed by atoms with Crippen LogP contribution in [0, 0.1) is 11.8 Å². The number of carbonyl (C=O) groups excluding carboxylic acids is 2. The molecule has 6 nitrogen and oxygen atoms in total. The Morgan fingerprint density at radius 1 is 0.947 bits per heavy atom. The molecule has 1 saturated carbocycles. The molecule has 0 radical (unpaired) electrons. The molecule has 1 fully saturated rings. The Morgan fingerprint density at radius 3 is 2.34 bits per heavy atom. The van der Waals surface area contributed by atoms with Gasteiger partial charge in [0.2, 0.25) is 5.91 Å². The topological polar surface area (TPSA) is 69.0 Å². The van der Waals surface area contributed by atoms with Crippen LogP contribution < -0.4 is 9.64 Å². The van der Waals surface area contributed by atoms with E-state index in [1.54, 1.807) is 11.0 Å². The molecule has 0 bridgehead atoms. The van der Waals surface area contributed by atoms with Gasteiger partial charge in [-0.1, -0.05) is 37.3 Å². The summed E-state index contributed by atoms with van der Waals surface area (Å²) in [5.74, 6) is 0.884. The lowest BCUT2D eigenvalue weighted by Crippen LogP contribution is -2.43. The summed E-state index contributed by atoms with van der Waals surface area (Å²) in [6.07, 6.45) is 3.83. The Balaban J connectivity index is 1.57. The molecule has 198 valence electrons. The number of hydrogen-bond acceptors (Lipinski definition) is 5. The second-order valence-corrected chi connectivity index (χ2v) is 10.7. The summed E-state index contributed by atoms with van der Waals surface area (Å²) in [6.45, 7) is 6.66. The van der Waals surface area contributed by atoms with E-state index in [0.29, 0.717) is 34.9 Å². The van der Waals surface area contributed by atoms with Crippen LogP contribution in [0.3, 0.4) is 0 Å². The molecule has 3 aromatic carbocycles. The monoisotopic (exact) mass is 513 g/mol. The van der Waals surface area contributed by atoms with E-state index in [9.17, 15) is 9.59 Å². The van der Waals surface area contributed by atoms with Crippen LogP contribution in [-0.2, 0) is 16.1 Å². The van der Waals surface area contributed by atoms with Gasteiger partial charge in [0.05, 0.1) is 18.4 Å². The molecule has 1 amide bonds. The molecule has 0 spiro atoms. The number of carbonyl (C=O) groups is 2. The third-order valence-electron chi connectivity index (χ3n) is 7.59.